The van der Waals surface area contributed by atoms with Crippen molar-refractivity contribution in [3.05, 3.63) is 39.9 Å². The zero-order chi connectivity index (χ0) is 40.2. The van der Waals surface area contributed by atoms with E-state index in [4.69, 9.17) is 23.7 Å². The molecule has 0 saturated carbocycles. The van der Waals surface area contributed by atoms with Gasteiger partial charge in [-0.1, -0.05) is 39.8 Å². The molecule has 15 nitrogen and oxygen atoms in total. The number of methoxy groups -OCH3 is 1. The minimum absolute atomic E-state index is 0.0242. The first-order valence-electron chi connectivity index (χ1n) is 18.4. The number of hydrogen-bond acceptors (Lipinski definition) is 14. The standard InChI is InChI=1S/C38H60N2O13/c1-12-28-38(8,46)33(44)22(4)30(42)20(2)19-37(7,49-11)34(53-36-31(43)27(39(9)10)16-21(3)50-36)23(5)32(24(6)35(45)51-28)52-29(41)18-25-14-13-15-26(17-25)40(47)48/h13-15,17,20-24,27-28,31-34,36,43-44,46H,12,16,18-19H2,1-11H3/t20-,21-,22+,23+,24-,27+,28-,31-,32+,33-,34-,36+,37+,38-/m1/s1. The Bertz CT molecular complexity index is 1440. The fourth-order valence-corrected chi connectivity index (χ4v) is 7.92. The van der Waals surface area contributed by atoms with Crippen LogP contribution in [-0.2, 0) is 44.5 Å². The van der Waals surface area contributed by atoms with E-state index in [1.165, 1.54) is 46.1 Å². The summed E-state index contributed by atoms with van der Waals surface area (Å²) in [6, 6.07) is 5.20. The summed E-state index contributed by atoms with van der Waals surface area (Å²) in [6.07, 6.45) is -7.64. The minimum Gasteiger partial charge on any atom is -0.461 e. The van der Waals surface area contributed by atoms with E-state index in [-0.39, 0.29) is 42.9 Å². The van der Waals surface area contributed by atoms with Crippen LogP contribution in [0, 0.1) is 33.8 Å². The molecule has 0 unspecified atom stereocenters. The van der Waals surface area contributed by atoms with Crippen molar-refractivity contribution in [2.45, 2.75) is 141 Å². The molecule has 1 aromatic carbocycles. The van der Waals surface area contributed by atoms with Crippen LogP contribution < -0.4 is 0 Å². The Morgan fingerprint density at radius 1 is 1.09 bits per heavy atom. The maximum Gasteiger partial charge on any atom is 0.312 e. The number of aliphatic hydroxyl groups is 3. The van der Waals surface area contributed by atoms with E-state index in [0.29, 0.717) is 12.0 Å². The van der Waals surface area contributed by atoms with Crippen molar-refractivity contribution < 1.29 is 58.3 Å². The molecule has 2 aliphatic rings. The smallest absolute Gasteiger partial charge is 0.312 e. The van der Waals surface area contributed by atoms with Crippen molar-refractivity contribution in [1.82, 2.24) is 4.90 Å². The van der Waals surface area contributed by atoms with Gasteiger partial charge in [0.1, 0.15) is 29.7 Å². The topological polar surface area (TPSA) is 204 Å². The molecule has 2 saturated heterocycles. The Labute approximate surface area is 312 Å². The van der Waals surface area contributed by atoms with Gasteiger partial charge in [-0.3, -0.25) is 24.5 Å². The Hall–Kier alpha value is -3.05. The summed E-state index contributed by atoms with van der Waals surface area (Å²) in [6.45, 7) is 12.9. The molecule has 300 valence electrons. The SMILES string of the molecule is CC[C@H]1OC(=O)[C@H](C)[C@@H](OC(=O)Cc2cccc([N+](=O)[O-])c2)[C@H](C)[C@@H](O[C@@H]2O[C@H](C)C[C@H](N(C)C)[C@H]2O)[C@@](C)(OC)C[C@@H](C)C(=O)[C@H](C)[C@@H](O)[C@]1(C)O. The molecule has 3 rings (SSSR count). The second-order valence-corrected chi connectivity index (χ2v) is 15.7. The largest absolute Gasteiger partial charge is 0.461 e. The Balaban J connectivity index is 2.19. The number of esters is 2. The van der Waals surface area contributed by atoms with Crippen LogP contribution in [0.3, 0.4) is 0 Å². The molecule has 0 amide bonds. The molecule has 1 aromatic rings. The summed E-state index contributed by atoms with van der Waals surface area (Å²) in [7, 11) is 5.10. The molecule has 0 spiro atoms. The highest BCUT2D eigenvalue weighted by Gasteiger charge is 2.53. The van der Waals surface area contributed by atoms with Crippen LogP contribution in [0.25, 0.3) is 0 Å². The molecule has 0 aliphatic carbocycles. The predicted molar refractivity (Wildman–Crippen MR) is 192 cm³/mol. The van der Waals surface area contributed by atoms with E-state index in [0.717, 1.165) is 0 Å². The number of hydrogen-bond donors (Lipinski definition) is 3. The van der Waals surface area contributed by atoms with Crippen LogP contribution in [0.2, 0.25) is 0 Å². The molecule has 2 fully saturated rings. The Morgan fingerprint density at radius 2 is 1.74 bits per heavy atom. The molecule has 3 N–H and O–H groups in total. The fourth-order valence-electron chi connectivity index (χ4n) is 7.92. The number of ketones is 1. The van der Waals surface area contributed by atoms with E-state index >= 15 is 0 Å². The average molecular weight is 753 g/mol. The number of carbonyl (C=O) groups excluding carboxylic acids is 3. The molecule has 2 heterocycles. The number of aliphatic hydroxyl groups excluding tert-OH is 2. The summed E-state index contributed by atoms with van der Waals surface area (Å²) in [4.78, 5) is 54.3. The Morgan fingerprint density at radius 3 is 2.30 bits per heavy atom. The lowest BCUT2D eigenvalue weighted by Gasteiger charge is -2.48. The summed E-state index contributed by atoms with van der Waals surface area (Å²) in [5.41, 5.74) is -3.30. The number of non-ortho nitro benzene ring substituents is 1. The van der Waals surface area contributed by atoms with Gasteiger partial charge >= 0.3 is 11.9 Å². The molecule has 0 bridgehead atoms. The zero-order valence-corrected chi connectivity index (χ0v) is 32.9. The number of benzene rings is 1. The first-order valence-corrected chi connectivity index (χ1v) is 18.4. The number of likely N-dealkylation sites (N-methyl/N-ethyl adjacent to an activating group) is 1. The number of cyclic esters (lactones) is 1. The van der Waals surface area contributed by atoms with Gasteiger partial charge in [0.25, 0.3) is 5.69 Å². The van der Waals surface area contributed by atoms with Crippen molar-refractivity contribution in [1.29, 1.82) is 0 Å². The third-order valence-corrected chi connectivity index (χ3v) is 11.2. The van der Waals surface area contributed by atoms with Crippen LogP contribution in [-0.4, -0.2) is 124 Å². The van der Waals surface area contributed by atoms with E-state index < -0.39 is 88.5 Å². The quantitative estimate of drug-likeness (QED) is 0.188. The number of carbonyl (C=O) groups is 3. The third-order valence-electron chi connectivity index (χ3n) is 11.2. The van der Waals surface area contributed by atoms with Gasteiger partial charge in [0.2, 0.25) is 0 Å². The van der Waals surface area contributed by atoms with Gasteiger partial charge in [-0.05, 0) is 66.6 Å². The molecule has 14 atom stereocenters. The zero-order valence-electron chi connectivity index (χ0n) is 32.9. The lowest BCUT2D eigenvalue weighted by atomic mass is 9.74. The highest BCUT2D eigenvalue weighted by Crippen LogP contribution is 2.40. The summed E-state index contributed by atoms with van der Waals surface area (Å²) < 4.78 is 30.9. The first-order chi connectivity index (χ1) is 24.6. The fraction of sp³-hybridized carbons (Fsp3) is 0.763. The van der Waals surface area contributed by atoms with Crippen LogP contribution in [0.5, 0.6) is 0 Å². The lowest BCUT2D eigenvalue weighted by molar-refractivity contribution is -0.384. The van der Waals surface area contributed by atoms with Gasteiger partial charge in [0.15, 0.2) is 6.29 Å². The molecule has 2 aliphatic heterocycles. The van der Waals surface area contributed by atoms with E-state index in [1.54, 1.807) is 33.8 Å². The van der Waals surface area contributed by atoms with Crippen molar-refractivity contribution in [3.63, 3.8) is 0 Å². The first kappa shape index (κ1) is 44.3. The molecule has 53 heavy (non-hydrogen) atoms. The number of nitro groups is 1. The van der Waals surface area contributed by atoms with Crippen molar-refractivity contribution >= 4 is 23.4 Å². The number of nitrogens with zero attached hydrogens (tertiary/aromatic N) is 2. The predicted octanol–water partition coefficient (Wildman–Crippen LogP) is 3.22. The molecule has 15 heteroatoms. The maximum absolute atomic E-state index is 14.0. The molecule has 0 radical (unpaired) electrons. The van der Waals surface area contributed by atoms with Gasteiger partial charge in [-0.15, -0.1) is 0 Å². The van der Waals surface area contributed by atoms with Crippen LogP contribution in [0.15, 0.2) is 24.3 Å². The van der Waals surface area contributed by atoms with Crippen LogP contribution in [0.4, 0.5) is 5.69 Å². The van der Waals surface area contributed by atoms with Crippen molar-refractivity contribution in [3.8, 4) is 0 Å². The van der Waals surface area contributed by atoms with Gasteiger partial charge in [0.05, 0.1) is 41.2 Å². The van der Waals surface area contributed by atoms with Crippen LogP contribution in [0.1, 0.15) is 80.2 Å². The molecule has 0 aromatic heterocycles. The normalized spacial score (nSPS) is 39.2. The number of nitro benzene ring substituents is 1. The van der Waals surface area contributed by atoms with Gasteiger partial charge in [-0.2, -0.15) is 0 Å². The average Bonchev–Trinajstić information content (AvgIpc) is 3.10. The second-order valence-electron chi connectivity index (χ2n) is 15.7. The van der Waals surface area contributed by atoms with Crippen molar-refractivity contribution in [2.75, 3.05) is 21.2 Å². The lowest BCUT2D eigenvalue weighted by Crippen LogP contribution is -2.60. The van der Waals surface area contributed by atoms with E-state index in [2.05, 4.69) is 0 Å². The maximum atomic E-state index is 14.0. The van der Waals surface area contributed by atoms with E-state index in [1.807, 2.05) is 25.9 Å². The summed E-state index contributed by atoms with van der Waals surface area (Å²) in [5.74, 6) is -5.98. The summed E-state index contributed by atoms with van der Waals surface area (Å²) in [5, 5.41) is 45.8. The third kappa shape index (κ3) is 10.2. The number of Topliss-reactive ketones (excluding diaryl/α,β-unsaturated/α-hetero) is 1. The number of ether oxygens (including phenoxy) is 5. The minimum atomic E-state index is -2.03. The van der Waals surface area contributed by atoms with Crippen LogP contribution >= 0.6 is 0 Å². The van der Waals surface area contributed by atoms with Crippen molar-refractivity contribution in [2.24, 2.45) is 23.7 Å². The van der Waals surface area contributed by atoms with Gasteiger partial charge in [-0.25, -0.2) is 0 Å². The second kappa shape index (κ2) is 18.1. The van der Waals surface area contributed by atoms with Gasteiger partial charge < -0.3 is 43.9 Å². The van der Waals surface area contributed by atoms with Gasteiger partial charge in [0, 0.05) is 43.0 Å². The molecular weight excluding hydrogens is 692 g/mol. The summed E-state index contributed by atoms with van der Waals surface area (Å²) >= 11 is 0. The Kier molecular flexibility index (Phi) is 15.1. The monoisotopic (exact) mass is 752 g/mol. The highest BCUT2D eigenvalue weighted by molar-refractivity contribution is 5.83. The highest BCUT2D eigenvalue weighted by atomic mass is 16.7. The number of rotatable bonds is 9. The molecular formula is C38H60N2O13. The van der Waals surface area contributed by atoms with E-state index in [9.17, 15) is 39.8 Å².